The van der Waals surface area contributed by atoms with Gasteiger partial charge in [-0.1, -0.05) is 20.8 Å². The second-order valence-corrected chi connectivity index (χ2v) is 6.46. The molecule has 0 aromatic rings. The van der Waals surface area contributed by atoms with Crippen molar-refractivity contribution in [3.63, 3.8) is 0 Å². The summed E-state index contributed by atoms with van der Waals surface area (Å²) in [6.07, 6.45) is -2.02. The molecule has 0 aromatic carbocycles. The van der Waals surface area contributed by atoms with E-state index in [2.05, 4.69) is 26.1 Å². The summed E-state index contributed by atoms with van der Waals surface area (Å²) in [5.74, 6) is -1.14. The fourth-order valence-corrected chi connectivity index (χ4v) is 2.73. The van der Waals surface area contributed by atoms with Crippen molar-refractivity contribution >= 4 is 0 Å². The van der Waals surface area contributed by atoms with Crippen LogP contribution in [0.15, 0.2) is 0 Å². The minimum Gasteiger partial charge on any atom is -0.316 e. The third-order valence-corrected chi connectivity index (χ3v) is 3.65. The van der Waals surface area contributed by atoms with Gasteiger partial charge in [-0.2, -0.15) is 13.2 Å². The monoisotopic (exact) mass is 280 g/mol. The van der Waals surface area contributed by atoms with Gasteiger partial charge in [0.1, 0.15) is 0 Å². The first-order valence-corrected chi connectivity index (χ1v) is 7.24. The van der Waals surface area contributed by atoms with Crippen LogP contribution in [0.5, 0.6) is 0 Å². The van der Waals surface area contributed by atoms with Crippen molar-refractivity contribution < 1.29 is 13.2 Å². The Bertz CT molecular complexity index is 264. The number of nitrogens with one attached hydrogen (secondary N) is 1. The molecule has 0 radical (unpaired) electrons. The number of rotatable bonds is 6. The average Bonchev–Trinajstić information content (AvgIpc) is 2.27. The predicted octanol–water partition coefficient (Wildman–Crippen LogP) is 3.29. The molecule has 0 saturated carbocycles. The molecule has 1 atom stereocenters. The molecule has 19 heavy (non-hydrogen) atoms. The summed E-state index contributed by atoms with van der Waals surface area (Å²) < 4.78 is 38.3. The quantitative estimate of drug-likeness (QED) is 0.751. The predicted molar refractivity (Wildman–Crippen MR) is 72.2 cm³/mol. The van der Waals surface area contributed by atoms with Crippen LogP contribution in [0.4, 0.5) is 13.2 Å². The molecule has 5 heteroatoms. The highest BCUT2D eigenvalue weighted by molar-refractivity contribution is 4.83. The van der Waals surface area contributed by atoms with Gasteiger partial charge in [0.25, 0.3) is 0 Å². The minimum absolute atomic E-state index is 0.0165. The van der Waals surface area contributed by atoms with E-state index in [1.807, 2.05) is 4.90 Å². The zero-order valence-corrected chi connectivity index (χ0v) is 12.3. The Balaban J connectivity index is 2.43. The highest BCUT2D eigenvalue weighted by Gasteiger charge is 2.42. The molecular weight excluding hydrogens is 253 g/mol. The normalized spacial score (nSPS) is 22.7. The number of hydrogen-bond acceptors (Lipinski definition) is 2. The van der Waals surface area contributed by atoms with Crippen molar-refractivity contribution in [1.82, 2.24) is 10.2 Å². The molecule has 1 aliphatic heterocycles. The Morgan fingerprint density at radius 1 is 1.26 bits per heavy atom. The molecular formula is C14H27F3N2. The smallest absolute Gasteiger partial charge is 0.316 e. The van der Waals surface area contributed by atoms with E-state index in [0.717, 1.165) is 32.6 Å². The molecule has 1 unspecified atom stereocenters. The van der Waals surface area contributed by atoms with E-state index in [1.54, 1.807) is 0 Å². The van der Waals surface area contributed by atoms with Gasteiger partial charge in [0.05, 0.1) is 5.92 Å². The molecule has 0 amide bonds. The van der Waals surface area contributed by atoms with Gasteiger partial charge in [-0.05, 0) is 37.8 Å². The highest BCUT2D eigenvalue weighted by atomic mass is 19.4. The van der Waals surface area contributed by atoms with Gasteiger partial charge in [-0.25, -0.2) is 0 Å². The van der Waals surface area contributed by atoms with E-state index in [-0.39, 0.29) is 18.4 Å². The number of likely N-dealkylation sites (tertiary alicyclic amines) is 1. The largest absolute Gasteiger partial charge is 0.393 e. The molecule has 1 heterocycles. The third kappa shape index (κ3) is 6.13. The van der Waals surface area contributed by atoms with E-state index in [9.17, 15) is 13.2 Å². The van der Waals surface area contributed by atoms with Crippen LogP contribution in [0.2, 0.25) is 0 Å². The van der Waals surface area contributed by atoms with E-state index in [4.69, 9.17) is 0 Å². The summed E-state index contributed by atoms with van der Waals surface area (Å²) in [6.45, 7) is 9.86. The Morgan fingerprint density at radius 3 is 2.53 bits per heavy atom. The molecule has 1 rings (SSSR count). The summed E-state index contributed by atoms with van der Waals surface area (Å²) in [5.41, 5.74) is 0.0165. The van der Waals surface area contributed by atoms with Gasteiger partial charge in [0.2, 0.25) is 0 Å². The second-order valence-electron chi connectivity index (χ2n) is 6.46. The zero-order valence-electron chi connectivity index (χ0n) is 12.3. The highest BCUT2D eigenvalue weighted by Crippen LogP contribution is 2.34. The first-order chi connectivity index (χ1) is 8.74. The summed E-state index contributed by atoms with van der Waals surface area (Å²) in [5, 5.41) is 3.36. The van der Waals surface area contributed by atoms with Crippen LogP contribution >= 0.6 is 0 Å². The van der Waals surface area contributed by atoms with Crippen LogP contribution in [-0.4, -0.2) is 43.8 Å². The Morgan fingerprint density at radius 2 is 1.95 bits per heavy atom. The van der Waals surface area contributed by atoms with Gasteiger partial charge < -0.3 is 10.2 Å². The molecule has 0 bridgehead atoms. The fourth-order valence-electron chi connectivity index (χ4n) is 2.73. The zero-order chi connectivity index (χ0) is 14.5. The van der Waals surface area contributed by atoms with Gasteiger partial charge >= 0.3 is 6.18 Å². The summed E-state index contributed by atoms with van der Waals surface area (Å²) in [4.78, 5) is 1.98. The van der Waals surface area contributed by atoms with Crippen LogP contribution in [0, 0.1) is 11.3 Å². The minimum atomic E-state index is -4.04. The number of halogens is 3. The van der Waals surface area contributed by atoms with E-state index < -0.39 is 12.1 Å². The molecule has 0 aliphatic carbocycles. The van der Waals surface area contributed by atoms with Crippen molar-refractivity contribution in [3.8, 4) is 0 Å². The Kier molecular flexibility index (Phi) is 6.12. The molecule has 1 fully saturated rings. The van der Waals surface area contributed by atoms with Crippen molar-refractivity contribution in [2.75, 3.05) is 32.7 Å². The average molecular weight is 280 g/mol. The van der Waals surface area contributed by atoms with Gasteiger partial charge in [0, 0.05) is 19.6 Å². The van der Waals surface area contributed by atoms with E-state index in [1.165, 1.54) is 0 Å². The van der Waals surface area contributed by atoms with Crippen molar-refractivity contribution in [1.29, 1.82) is 0 Å². The van der Waals surface area contributed by atoms with Crippen LogP contribution in [0.25, 0.3) is 0 Å². The molecule has 0 aromatic heterocycles. The van der Waals surface area contributed by atoms with E-state index >= 15 is 0 Å². The summed E-state index contributed by atoms with van der Waals surface area (Å²) >= 11 is 0. The molecule has 0 spiro atoms. The number of piperidine rings is 1. The van der Waals surface area contributed by atoms with Crippen LogP contribution in [-0.2, 0) is 0 Å². The summed E-state index contributed by atoms with van der Waals surface area (Å²) in [6, 6.07) is 0. The maximum Gasteiger partial charge on any atom is 0.393 e. The van der Waals surface area contributed by atoms with Gasteiger partial charge in [-0.15, -0.1) is 0 Å². The van der Waals surface area contributed by atoms with Crippen molar-refractivity contribution in [2.24, 2.45) is 11.3 Å². The molecule has 1 N–H and O–H groups in total. The number of hydrogen-bond donors (Lipinski definition) is 1. The SMILES string of the molecule is CCCNCC(C)(C)CN1CCCC(C(F)(F)F)C1. The first kappa shape index (κ1) is 16.8. The Labute approximate surface area is 114 Å². The third-order valence-electron chi connectivity index (χ3n) is 3.65. The maximum atomic E-state index is 12.8. The summed E-state index contributed by atoms with van der Waals surface area (Å²) in [7, 11) is 0. The fraction of sp³-hybridized carbons (Fsp3) is 1.00. The number of nitrogens with zero attached hydrogens (tertiary/aromatic N) is 1. The van der Waals surface area contributed by atoms with Crippen molar-refractivity contribution in [3.05, 3.63) is 0 Å². The van der Waals surface area contributed by atoms with E-state index in [0.29, 0.717) is 6.42 Å². The van der Waals surface area contributed by atoms with Gasteiger partial charge in [-0.3, -0.25) is 0 Å². The lowest BCUT2D eigenvalue weighted by atomic mass is 9.90. The first-order valence-electron chi connectivity index (χ1n) is 7.24. The van der Waals surface area contributed by atoms with Gasteiger partial charge in [0.15, 0.2) is 0 Å². The maximum absolute atomic E-state index is 12.8. The standard InChI is InChI=1S/C14H27F3N2/c1-4-7-18-10-13(2,3)11-19-8-5-6-12(9-19)14(15,16)17/h12,18H,4-11H2,1-3H3. The van der Waals surface area contributed by atoms with Crippen molar-refractivity contribution in [2.45, 2.75) is 46.2 Å². The molecule has 2 nitrogen and oxygen atoms in total. The van der Waals surface area contributed by atoms with Crippen LogP contribution in [0.1, 0.15) is 40.0 Å². The lowest BCUT2D eigenvalue weighted by Crippen LogP contribution is -2.47. The van der Waals surface area contributed by atoms with Crippen LogP contribution < -0.4 is 5.32 Å². The topological polar surface area (TPSA) is 15.3 Å². The lowest BCUT2D eigenvalue weighted by Gasteiger charge is -2.38. The Hall–Kier alpha value is -0.290. The lowest BCUT2D eigenvalue weighted by molar-refractivity contribution is -0.187. The molecule has 1 aliphatic rings. The number of alkyl halides is 3. The molecule has 1 saturated heterocycles. The molecule has 114 valence electrons. The second kappa shape index (κ2) is 6.93. The van der Waals surface area contributed by atoms with Crippen LogP contribution in [0.3, 0.4) is 0 Å².